The molecule has 0 radical (unpaired) electrons. The summed E-state index contributed by atoms with van der Waals surface area (Å²) in [5.41, 5.74) is 0.585. The zero-order valence-electron chi connectivity index (χ0n) is 13.1. The van der Waals surface area contributed by atoms with Gasteiger partial charge in [0.15, 0.2) is 0 Å². The van der Waals surface area contributed by atoms with Crippen LogP contribution in [0.1, 0.15) is 0 Å². The van der Waals surface area contributed by atoms with Gasteiger partial charge in [-0.05, 0) is 24.3 Å². The number of nitrogens with zero attached hydrogens (tertiary/aromatic N) is 4. The van der Waals surface area contributed by atoms with Crippen molar-refractivity contribution in [1.82, 2.24) is 9.31 Å². The van der Waals surface area contributed by atoms with Crippen molar-refractivity contribution in [2.45, 2.75) is 4.90 Å². The summed E-state index contributed by atoms with van der Waals surface area (Å²) in [7, 11) is -3.61. The summed E-state index contributed by atoms with van der Waals surface area (Å²) in [4.78, 5) is 0.183. The SMILES string of the molecule is O=S(=O)(c1ccc(N=NN2CCOCC2)cc1)N(CCCl)CCCl. The average Bonchev–Trinajstić information content (AvgIpc) is 2.61. The van der Waals surface area contributed by atoms with E-state index in [4.69, 9.17) is 27.9 Å². The van der Waals surface area contributed by atoms with Crippen LogP contribution in [-0.2, 0) is 14.8 Å². The van der Waals surface area contributed by atoms with Gasteiger partial charge >= 0.3 is 0 Å². The quantitative estimate of drug-likeness (QED) is 0.501. The monoisotopic (exact) mass is 394 g/mol. The van der Waals surface area contributed by atoms with Crippen molar-refractivity contribution >= 4 is 38.9 Å². The van der Waals surface area contributed by atoms with E-state index in [1.54, 1.807) is 12.1 Å². The van der Waals surface area contributed by atoms with E-state index in [-0.39, 0.29) is 29.7 Å². The number of ether oxygens (including phenoxy) is 1. The molecule has 1 heterocycles. The molecule has 0 bridgehead atoms. The van der Waals surface area contributed by atoms with Crippen LogP contribution in [0.4, 0.5) is 5.69 Å². The molecule has 0 unspecified atom stereocenters. The van der Waals surface area contributed by atoms with E-state index in [2.05, 4.69) is 10.3 Å². The van der Waals surface area contributed by atoms with Crippen molar-refractivity contribution in [2.75, 3.05) is 51.2 Å². The third-order valence-corrected chi connectivity index (χ3v) is 5.67. The molecule has 24 heavy (non-hydrogen) atoms. The van der Waals surface area contributed by atoms with Gasteiger partial charge in [0, 0.05) is 24.8 Å². The van der Waals surface area contributed by atoms with Crippen LogP contribution < -0.4 is 0 Å². The van der Waals surface area contributed by atoms with Crippen LogP contribution >= 0.6 is 23.2 Å². The smallest absolute Gasteiger partial charge is 0.243 e. The highest BCUT2D eigenvalue weighted by Gasteiger charge is 2.23. The van der Waals surface area contributed by atoms with E-state index in [1.165, 1.54) is 16.4 Å². The lowest BCUT2D eigenvalue weighted by Gasteiger charge is -2.22. The molecule has 1 fully saturated rings. The predicted molar refractivity (Wildman–Crippen MR) is 93.5 cm³/mol. The molecular formula is C14H20Cl2N4O3S. The Labute approximate surface area is 152 Å². The Balaban J connectivity index is 2.08. The van der Waals surface area contributed by atoms with Gasteiger partial charge in [0.1, 0.15) is 0 Å². The zero-order chi connectivity index (χ0) is 17.4. The minimum atomic E-state index is -3.61. The van der Waals surface area contributed by atoms with Gasteiger partial charge in [-0.1, -0.05) is 5.22 Å². The molecule has 0 atom stereocenters. The first kappa shape index (κ1) is 19.4. The molecule has 1 aromatic carbocycles. The van der Waals surface area contributed by atoms with Crippen LogP contribution in [0.2, 0.25) is 0 Å². The standard InChI is InChI=1S/C14H20Cl2N4O3S/c15-5-7-20(8-6-16)24(21,22)14-3-1-13(2-4-14)17-18-19-9-11-23-12-10-19/h1-4H,5-12H2. The maximum atomic E-state index is 12.6. The Hall–Kier alpha value is -0.930. The predicted octanol–water partition coefficient (Wildman–Crippen LogP) is 2.49. The Bertz CT molecular complexity index is 628. The molecule has 0 aliphatic carbocycles. The van der Waals surface area contributed by atoms with Gasteiger partial charge in [0.25, 0.3) is 0 Å². The number of benzene rings is 1. The highest BCUT2D eigenvalue weighted by Crippen LogP contribution is 2.20. The second-order valence-corrected chi connectivity index (χ2v) is 7.73. The van der Waals surface area contributed by atoms with Crippen LogP contribution in [0.25, 0.3) is 0 Å². The molecule has 0 saturated carbocycles. The van der Waals surface area contributed by atoms with Crippen molar-refractivity contribution in [3.63, 3.8) is 0 Å². The highest BCUT2D eigenvalue weighted by atomic mass is 35.5. The molecular weight excluding hydrogens is 375 g/mol. The second kappa shape index (κ2) is 9.53. The van der Waals surface area contributed by atoms with E-state index < -0.39 is 10.0 Å². The highest BCUT2D eigenvalue weighted by molar-refractivity contribution is 7.89. The molecule has 0 amide bonds. The van der Waals surface area contributed by atoms with E-state index in [1.807, 2.05) is 5.01 Å². The third-order valence-electron chi connectivity index (χ3n) is 3.42. The van der Waals surface area contributed by atoms with Crippen LogP contribution in [-0.4, -0.2) is 68.9 Å². The average molecular weight is 395 g/mol. The summed E-state index contributed by atoms with van der Waals surface area (Å²) in [5.74, 6) is 0.421. The summed E-state index contributed by atoms with van der Waals surface area (Å²) < 4.78 is 31.6. The number of morpholine rings is 1. The molecule has 0 spiro atoms. The first-order valence-electron chi connectivity index (χ1n) is 7.54. The Kier molecular flexibility index (Phi) is 7.70. The molecule has 1 aromatic rings. The number of alkyl halides is 2. The number of halogens is 2. The molecule has 1 aliphatic heterocycles. The van der Waals surface area contributed by atoms with Crippen molar-refractivity contribution in [3.05, 3.63) is 24.3 Å². The summed E-state index contributed by atoms with van der Waals surface area (Å²) in [6, 6.07) is 6.27. The maximum Gasteiger partial charge on any atom is 0.243 e. The van der Waals surface area contributed by atoms with Gasteiger partial charge in [-0.3, -0.25) is 5.01 Å². The van der Waals surface area contributed by atoms with Gasteiger partial charge < -0.3 is 4.74 Å². The Morgan fingerprint density at radius 2 is 1.67 bits per heavy atom. The van der Waals surface area contributed by atoms with E-state index in [9.17, 15) is 8.42 Å². The molecule has 10 heteroatoms. The summed E-state index contributed by atoms with van der Waals surface area (Å²) in [6.45, 7) is 3.09. The Morgan fingerprint density at radius 1 is 1.08 bits per heavy atom. The fraction of sp³-hybridized carbons (Fsp3) is 0.571. The first-order chi connectivity index (χ1) is 11.6. The number of hydrogen-bond acceptors (Lipinski definition) is 5. The molecule has 2 rings (SSSR count). The second-order valence-electron chi connectivity index (χ2n) is 5.03. The van der Waals surface area contributed by atoms with Crippen molar-refractivity contribution in [2.24, 2.45) is 10.3 Å². The molecule has 1 saturated heterocycles. The van der Waals surface area contributed by atoms with Gasteiger partial charge in [-0.15, -0.1) is 28.3 Å². The first-order valence-corrected chi connectivity index (χ1v) is 10.1. The van der Waals surface area contributed by atoms with Gasteiger partial charge in [-0.25, -0.2) is 8.42 Å². The lowest BCUT2D eigenvalue weighted by Crippen LogP contribution is -2.34. The number of sulfonamides is 1. The number of hydrogen-bond donors (Lipinski definition) is 0. The van der Waals surface area contributed by atoms with Crippen molar-refractivity contribution in [1.29, 1.82) is 0 Å². The van der Waals surface area contributed by atoms with E-state index >= 15 is 0 Å². The van der Waals surface area contributed by atoms with Crippen LogP contribution in [0.15, 0.2) is 39.5 Å². The van der Waals surface area contributed by atoms with Gasteiger partial charge in [-0.2, -0.15) is 4.31 Å². The van der Waals surface area contributed by atoms with Crippen molar-refractivity contribution in [3.8, 4) is 0 Å². The summed E-state index contributed by atoms with van der Waals surface area (Å²) >= 11 is 11.4. The fourth-order valence-corrected chi connectivity index (χ4v) is 4.18. The minimum absolute atomic E-state index is 0.183. The fourth-order valence-electron chi connectivity index (χ4n) is 2.13. The molecule has 0 aromatic heterocycles. The molecule has 0 N–H and O–H groups in total. The van der Waals surface area contributed by atoms with Crippen LogP contribution in [0, 0.1) is 0 Å². The molecule has 7 nitrogen and oxygen atoms in total. The Morgan fingerprint density at radius 3 is 2.21 bits per heavy atom. The van der Waals surface area contributed by atoms with Gasteiger partial charge in [0.2, 0.25) is 10.0 Å². The topological polar surface area (TPSA) is 74.6 Å². The van der Waals surface area contributed by atoms with Crippen molar-refractivity contribution < 1.29 is 13.2 Å². The summed E-state index contributed by atoms with van der Waals surface area (Å²) in [5, 5.41) is 10.1. The maximum absolute atomic E-state index is 12.6. The van der Waals surface area contributed by atoms with E-state index in [0.717, 1.165) is 0 Å². The normalized spacial score (nSPS) is 16.2. The minimum Gasteiger partial charge on any atom is -0.378 e. The van der Waals surface area contributed by atoms with Crippen LogP contribution in [0.5, 0.6) is 0 Å². The lowest BCUT2D eigenvalue weighted by atomic mass is 10.3. The number of rotatable bonds is 8. The van der Waals surface area contributed by atoms with Crippen LogP contribution in [0.3, 0.4) is 0 Å². The third kappa shape index (κ3) is 5.29. The molecule has 1 aliphatic rings. The van der Waals surface area contributed by atoms with Gasteiger partial charge in [0.05, 0.1) is 36.9 Å². The van der Waals surface area contributed by atoms with E-state index in [0.29, 0.717) is 32.0 Å². The zero-order valence-corrected chi connectivity index (χ0v) is 15.5. The lowest BCUT2D eigenvalue weighted by molar-refractivity contribution is 0.0353. The largest absolute Gasteiger partial charge is 0.378 e. The summed E-state index contributed by atoms with van der Waals surface area (Å²) in [6.07, 6.45) is 0. The molecule has 134 valence electrons.